The molecule has 3 fully saturated rings. The van der Waals surface area contributed by atoms with Crippen LogP contribution in [0.2, 0.25) is 5.02 Å². The summed E-state index contributed by atoms with van der Waals surface area (Å²) in [5, 5.41) is 27.0. The predicted octanol–water partition coefficient (Wildman–Crippen LogP) is 10.3. The average Bonchev–Trinajstić information content (AvgIpc) is 3.74. The average molecular weight is 777 g/mol. The molecule has 2 bridgehead atoms. The number of nitrogens with one attached hydrogen (secondary N) is 1. The Bertz CT molecular complexity index is 2080. The summed E-state index contributed by atoms with van der Waals surface area (Å²) in [7, 11) is 0. The van der Waals surface area contributed by atoms with E-state index in [1.54, 1.807) is 4.90 Å². The van der Waals surface area contributed by atoms with Gasteiger partial charge in [0.05, 0.1) is 28.8 Å². The van der Waals surface area contributed by atoms with Crippen molar-refractivity contribution in [3.63, 3.8) is 0 Å². The third-order valence-electron chi connectivity index (χ3n) is 14.6. The zero-order valence-electron chi connectivity index (χ0n) is 31.4. The second-order valence-corrected chi connectivity index (χ2v) is 17.6. The molecule has 11 heteroatoms. The Balaban J connectivity index is 1.18. The summed E-state index contributed by atoms with van der Waals surface area (Å²) >= 11 is 6.37. The Labute approximate surface area is 324 Å². The van der Waals surface area contributed by atoms with Gasteiger partial charge in [-0.2, -0.15) is 13.2 Å². The molecule has 292 valence electrons. The van der Waals surface area contributed by atoms with Gasteiger partial charge in [0, 0.05) is 39.6 Å². The molecule has 6 aliphatic rings. The SMILES string of the molecule is CCCN(C[C@]1(O)CC[C@H]2[C@]34C=C[C@@]5(C=C3C(=O)c3ccc(-c6cc(C(F)(F)F)ccc6Cl)o3)CC(O)CC[C@]5(C)[C@H]4CC[C@@]21C)C(=O)Nc1ccccc1. The minimum Gasteiger partial charge on any atom is -0.453 e. The minimum atomic E-state index is -4.59. The van der Waals surface area contributed by atoms with Crippen LogP contribution in [0.3, 0.4) is 0 Å². The number of allylic oxidation sites excluding steroid dienone is 4. The molecule has 9 rings (SSSR count). The fraction of sp³-hybridized carbons (Fsp3) is 0.500. The van der Waals surface area contributed by atoms with Gasteiger partial charge in [-0.05, 0) is 111 Å². The lowest BCUT2D eigenvalue weighted by Crippen LogP contribution is -2.67. The van der Waals surface area contributed by atoms with Crippen molar-refractivity contribution in [2.45, 2.75) is 90.0 Å². The molecule has 3 N–H and O–H groups in total. The normalized spacial score (nSPS) is 34.7. The quantitative estimate of drug-likeness (QED) is 0.156. The first-order chi connectivity index (χ1) is 26.0. The summed E-state index contributed by atoms with van der Waals surface area (Å²) < 4.78 is 47.1. The van der Waals surface area contributed by atoms with Gasteiger partial charge in [-0.1, -0.05) is 68.8 Å². The van der Waals surface area contributed by atoms with Gasteiger partial charge in [-0.15, -0.1) is 0 Å². The lowest BCUT2D eigenvalue weighted by atomic mass is 9.32. The number of aliphatic hydroxyl groups is 2. The summed E-state index contributed by atoms with van der Waals surface area (Å²) in [4.78, 5) is 30.5. The maximum Gasteiger partial charge on any atom is 0.416 e. The van der Waals surface area contributed by atoms with Crippen molar-refractivity contribution in [2.75, 3.05) is 18.4 Å². The van der Waals surface area contributed by atoms with E-state index in [-0.39, 0.29) is 57.7 Å². The Morgan fingerprint density at radius 2 is 1.67 bits per heavy atom. The van der Waals surface area contributed by atoms with E-state index in [4.69, 9.17) is 16.0 Å². The Morgan fingerprint density at radius 1 is 0.964 bits per heavy atom. The summed E-state index contributed by atoms with van der Waals surface area (Å²) in [6, 6.07) is 15.0. The smallest absolute Gasteiger partial charge is 0.416 e. The van der Waals surface area contributed by atoms with Gasteiger partial charge in [0.1, 0.15) is 5.76 Å². The van der Waals surface area contributed by atoms with Gasteiger partial charge in [-0.25, -0.2) is 4.79 Å². The number of nitrogens with zero attached hydrogens (tertiary/aromatic N) is 1. The van der Waals surface area contributed by atoms with Crippen molar-refractivity contribution in [1.29, 1.82) is 0 Å². The number of ketones is 1. The van der Waals surface area contributed by atoms with Gasteiger partial charge in [-0.3, -0.25) is 4.79 Å². The summed E-state index contributed by atoms with van der Waals surface area (Å²) in [6.45, 7) is 7.01. The highest BCUT2D eigenvalue weighted by Gasteiger charge is 2.74. The number of anilines is 1. The maximum atomic E-state index is 15.0. The van der Waals surface area contributed by atoms with Gasteiger partial charge in [0.2, 0.25) is 5.78 Å². The number of halogens is 4. The molecule has 55 heavy (non-hydrogen) atoms. The Kier molecular flexibility index (Phi) is 9.06. The number of amides is 2. The Morgan fingerprint density at radius 3 is 2.40 bits per heavy atom. The van der Waals surface area contributed by atoms with Crippen LogP contribution >= 0.6 is 11.6 Å². The van der Waals surface area contributed by atoms with Crippen molar-refractivity contribution in [1.82, 2.24) is 4.90 Å². The zero-order valence-corrected chi connectivity index (χ0v) is 32.1. The first-order valence-corrected chi connectivity index (χ1v) is 19.8. The first-order valence-electron chi connectivity index (χ1n) is 19.5. The molecule has 2 amide bonds. The third kappa shape index (κ3) is 5.67. The van der Waals surface area contributed by atoms with Crippen molar-refractivity contribution in [3.8, 4) is 11.3 Å². The van der Waals surface area contributed by atoms with Crippen LogP contribution in [-0.2, 0) is 6.18 Å². The number of hydrogen-bond acceptors (Lipinski definition) is 5. The van der Waals surface area contributed by atoms with Gasteiger partial charge >= 0.3 is 12.2 Å². The number of urea groups is 1. The van der Waals surface area contributed by atoms with E-state index in [9.17, 15) is 28.2 Å². The van der Waals surface area contributed by atoms with E-state index in [1.807, 2.05) is 37.3 Å². The van der Waals surface area contributed by atoms with Crippen LogP contribution in [0.25, 0.3) is 11.3 Å². The van der Waals surface area contributed by atoms with Crippen molar-refractivity contribution >= 4 is 29.1 Å². The highest BCUT2D eigenvalue weighted by molar-refractivity contribution is 6.33. The summed E-state index contributed by atoms with van der Waals surface area (Å²) in [5.41, 5.74) is -3.21. The molecule has 1 unspecified atom stereocenters. The molecule has 8 atom stereocenters. The fourth-order valence-corrected chi connectivity index (χ4v) is 12.0. The van der Waals surface area contributed by atoms with Crippen LogP contribution in [0.1, 0.15) is 88.3 Å². The molecule has 3 saturated carbocycles. The van der Waals surface area contributed by atoms with Crippen molar-refractivity contribution in [2.24, 2.45) is 33.5 Å². The topological polar surface area (TPSA) is 103 Å². The molecule has 1 heterocycles. The number of furan rings is 1. The molecule has 1 aromatic heterocycles. The number of benzene rings is 2. The number of fused-ring (bicyclic) bond motifs is 1. The minimum absolute atomic E-state index is 0.00879. The summed E-state index contributed by atoms with van der Waals surface area (Å²) in [5.74, 6) is -0.479. The number of carbonyl (C=O) groups is 2. The molecule has 0 radical (unpaired) electrons. The first kappa shape index (κ1) is 38.0. The third-order valence-corrected chi connectivity index (χ3v) is 14.9. The largest absolute Gasteiger partial charge is 0.453 e. The highest BCUT2D eigenvalue weighted by Crippen LogP contribution is 2.78. The van der Waals surface area contributed by atoms with Crippen molar-refractivity contribution < 1.29 is 37.4 Å². The van der Waals surface area contributed by atoms with Crippen LogP contribution in [0, 0.1) is 33.5 Å². The van der Waals surface area contributed by atoms with E-state index in [0.29, 0.717) is 56.3 Å². The maximum absolute atomic E-state index is 15.0. The van der Waals surface area contributed by atoms with Crippen molar-refractivity contribution in [3.05, 3.63) is 101 Å². The molecule has 2 spiro atoms. The van der Waals surface area contributed by atoms with Crippen LogP contribution in [-0.4, -0.2) is 51.7 Å². The van der Waals surface area contributed by atoms with E-state index < -0.39 is 39.7 Å². The molecule has 2 aromatic carbocycles. The summed E-state index contributed by atoms with van der Waals surface area (Å²) in [6.07, 6.45) is 6.43. The number of para-hydroxylation sites is 1. The number of carbonyl (C=O) groups excluding carboxylic acids is 2. The molecule has 7 nitrogen and oxygen atoms in total. The molecule has 6 aliphatic carbocycles. The fourth-order valence-electron chi connectivity index (χ4n) is 11.8. The predicted molar refractivity (Wildman–Crippen MR) is 204 cm³/mol. The van der Waals surface area contributed by atoms with E-state index in [2.05, 4.69) is 37.4 Å². The monoisotopic (exact) mass is 776 g/mol. The second kappa shape index (κ2) is 13.1. The number of hydrogen-bond donors (Lipinski definition) is 3. The standard InChI is InChI=1S/C44H48ClF3N2O5/c1-4-22-50(38(53)49-28-8-6-5-7-9-28)26-42(54)19-16-36-40(42,3)18-15-35-39(2)17-14-29(51)24-41(39)20-21-43(35,36)31(25-41)37(52)34-13-12-33(55-34)30-23-27(44(46,47)48)10-11-32(30)45/h5-13,20-21,23,25,29,35-36,51,54H,4,14-19,22,24,26H2,1-3H3,(H,49,53)/t29?,35-,36-,39-,40+,41+,42-,43-/m1/s1. The lowest BCUT2D eigenvalue weighted by molar-refractivity contribution is -0.174. The van der Waals surface area contributed by atoms with Crippen LogP contribution < -0.4 is 5.32 Å². The van der Waals surface area contributed by atoms with Crippen LogP contribution in [0.4, 0.5) is 23.7 Å². The lowest BCUT2D eigenvalue weighted by Gasteiger charge is -2.71. The molecule has 3 aromatic rings. The number of alkyl halides is 3. The molecular formula is C44H48ClF3N2O5. The number of aliphatic hydroxyl groups excluding tert-OH is 1. The highest BCUT2D eigenvalue weighted by atomic mass is 35.5. The Hall–Kier alpha value is -3.86. The van der Waals surface area contributed by atoms with Crippen LogP contribution in [0.15, 0.2) is 88.9 Å². The van der Waals surface area contributed by atoms with Crippen LogP contribution in [0.5, 0.6) is 0 Å². The number of rotatable bonds is 8. The number of Topliss-reactive ketones (excluding diaryl/α,β-unsaturated/α-hetero) is 1. The molecule has 0 saturated heterocycles. The van der Waals surface area contributed by atoms with E-state index in [0.717, 1.165) is 25.0 Å². The molecule has 0 aliphatic heterocycles. The second-order valence-electron chi connectivity index (χ2n) is 17.2. The van der Waals surface area contributed by atoms with E-state index >= 15 is 4.79 Å². The molecular weight excluding hydrogens is 729 g/mol. The van der Waals surface area contributed by atoms with Gasteiger partial charge in [0.15, 0.2) is 5.76 Å². The van der Waals surface area contributed by atoms with Gasteiger partial charge in [0.25, 0.3) is 0 Å². The van der Waals surface area contributed by atoms with E-state index in [1.165, 1.54) is 18.2 Å². The zero-order chi connectivity index (χ0) is 39.2. The van der Waals surface area contributed by atoms with Gasteiger partial charge < -0.3 is 24.8 Å².